The van der Waals surface area contributed by atoms with Crippen LogP contribution >= 0.6 is 11.6 Å². The molecule has 1 fully saturated rings. The van der Waals surface area contributed by atoms with Crippen LogP contribution in [0.3, 0.4) is 0 Å². The molecule has 0 aliphatic carbocycles. The third kappa shape index (κ3) is 5.43. The van der Waals surface area contributed by atoms with Crippen molar-refractivity contribution in [3.63, 3.8) is 0 Å². The topological polar surface area (TPSA) is 88.1 Å². The molecule has 3 atom stereocenters. The Hall–Kier alpha value is -1.19. The number of rotatable bonds is 6. The Morgan fingerprint density at radius 3 is 2.57 bits per heavy atom. The van der Waals surface area contributed by atoms with E-state index in [-0.39, 0.29) is 13.0 Å². The van der Waals surface area contributed by atoms with Crippen molar-refractivity contribution in [2.24, 2.45) is 0 Å². The smallest absolute Gasteiger partial charge is 0.338 e. The first kappa shape index (κ1) is 18.2. The standard InChI is InChI=1S/C14H17ClO7S/c1-19-13-7-11(22-23(2,17)18)12(21-13)8-20-14(16)9-3-5-10(15)6-4-9/h3-6,11-13H,7-8H2,1-2H3/t11-,12-,13+/m1/s1. The maximum atomic E-state index is 11.9. The van der Waals surface area contributed by atoms with E-state index >= 15 is 0 Å². The van der Waals surface area contributed by atoms with Crippen LogP contribution in [0.4, 0.5) is 0 Å². The van der Waals surface area contributed by atoms with Gasteiger partial charge in [0.1, 0.15) is 18.8 Å². The highest BCUT2D eigenvalue weighted by atomic mass is 35.5. The monoisotopic (exact) mass is 364 g/mol. The quantitative estimate of drug-likeness (QED) is 0.559. The number of carbonyl (C=O) groups excluding carboxylic acids is 1. The number of hydrogen-bond acceptors (Lipinski definition) is 7. The van der Waals surface area contributed by atoms with Crippen LogP contribution in [0.25, 0.3) is 0 Å². The third-order valence-corrected chi connectivity index (χ3v) is 4.03. The average Bonchev–Trinajstić information content (AvgIpc) is 2.85. The van der Waals surface area contributed by atoms with E-state index in [9.17, 15) is 13.2 Å². The minimum absolute atomic E-state index is 0.151. The second-order valence-electron chi connectivity index (χ2n) is 5.02. The Morgan fingerprint density at radius 2 is 2.00 bits per heavy atom. The predicted octanol–water partition coefficient (Wildman–Crippen LogP) is 1.60. The van der Waals surface area contributed by atoms with Gasteiger partial charge in [-0.05, 0) is 24.3 Å². The molecule has 1 aromatic carbocycles. The Morgan fingerprint density at radius 1 is 1.35 bits per heavy atom. The zero-order valence-corrected chi connectivity index (χ0v) is 14.2. The van der Waals surface area contributed by atoms with Gasteiger partial charge in [-0.3, -0.25) is 4.18 Å². The zero-order valence-electron chi connectivity index (χ0n) is 12.6. The van der Waals surface area contributed by atoms with Gasteiger partial charge in [-0.2, -0.15) is 8.42 Å². The molecule has 7 nitrogen and oxygen atoms in total. The lowest BCUT2D eigenvalue weighted by Crippen LogP contribution is -2.32. The predicted molar refractivity (Wildman–Crippen MR) is 81.7 cm³/mol. The molecule has 9 heteroatoms. The van der Waals surface area contributed by atoms with Gasteiger partial charge in [0.25, 0.3) is 10.1 Å². The summed E-state index contributed by atoms with van der Waals surface area (Å²) in [4.78, 5) is 11.9. The van der Waals surface area contributed by atoms with E-state index in [1.807, 2.05) is 0 Å². The number of methoxy groups -OCH3 is 1. The first-order valence-corrected chi connectivity index (χ1v) is 8.97. The van der Waals surface area contributed by atoms with Gasteiger partial charge in [0.05, 0.1) is 11.8 Å². The normalized spacial score (nSPS) is 24.6. The van der Waals surface area contributed by atoms with Crippen LogP contribution in [0.1, 0.15) is 16.8 Å². The molecule has 0 spiro atoms. The van der Waals surface area contributed by atoms with Gasteiger partial charge in [-0.1, -0.05) is 11.6 Å². The van der Waals surface area contributed by atoms with Crippen LogP contribution in [0.5, 0.6) is 0 Å². The summed E-state index contributed by atoms with van der Waals surface area (Å²) >= 11 is 5.75. The van der Waals surface area contributed by atoms with E-state index in [2.05, 4.69) is 0 Å². The molecule has 1 aromatic rings. The van der Waals surface area contributed by atoms with E-state index in [1.54, 1.807) is 12.1 Å². The molecule has 128 valence electrons. The van der Waals surface area contributed by atoms with Gasteiger partial charge in [0.2, 0.25) is 0 Å². The first-order valence-electron chi connectivity index (χ1n) is 6.77. The molecular formula is C14H17ClO7S. The fourth-order valence-corrected chi connectivity index (χ4v) is 2.91. The molecule has 1 aliphatic rings. The summed E-state index contributed by atoms with van der Waals surface area (Å²) in [5, 5.41) is 0.505. The number of hydrogen-bond donors (Lipinski definition) is 0. The SMILES string of the molecule is CO[C@@H]1C[C@@H](OS(C)(=O)=O)[C@@H](COC(=O)c2ccc(Cl)cc2)O1. The highest BCUT2D eigenvalue weighted by molar-refractivity contribution is 7.86. The fourth-order valence-electron chi connectivity index (χ4n) is 2.13. The minimum Gasteiger partial charge on any atom is -0.459 e. The minimum atomic E-state index is -3.66. The molecule has 23 heavy (non-hydrogen) atoms. The zero-order chi connectivity index (χ0) is 17.0. The second-order valence-corrected chi connectivity index (χ2v) is 7.06. The fraction of sp³-hybridized carbons (Fsp3) is 0.500. The lowest BCUT2D eigenvalue weighted by molar-refractivity contribution is -0.127. The van der Waals surface area contributed by atoms with Crippen molar-refractivity contribution in [1.29, 1.82) is 0 Å². The number of esters is 1. The van der Waals surface area contributed by atoms with E-state index in [0.717, 1.165) is 6.26 Å². The molecule has 1 heterocycles. The van der Waals surface area contributed by atoms with E-state index in [0.29, 0.717) is 10.6 Å². The van der Waals surface area contributed by atoms with Gasteiger partial charge in [0, 0.05) is 18.6 Å². The molecule has 0 saturated carbocycles. The summed E-state index contributed by atoms with van der Waals surface area (Å²) in [5.41, 5.74) is 0.330. The summed E-state index contributed by atoms with van der Waals surface area (Å²) in [7, 11) is -2.22. The molecule has 1 saturated heterocycles. The second kappa shape index (κ2) is 7.59. The molecule has 0 amide bonds. The summed E-state index contributed by atoms with van der Waals surface area (Å²) in [6, 6.07) is 6.20. The van der Waals surface area contributed by atoms with Crippen LogP contribution in [-0.2, 0) is 28.5 Å². The van der Waals surface area contributed by atoms with Crippen LogP contribution in [0, 0.1) is 0 Å². The van der Waals surface area contributed by atoms with Crippen molar-refractivity contribution in [2.45, 2.75) is 24.9 Å². The van der Waals surface area contributed by atoms with Crippen molar-refractivity contribution in [3.8, 4) is 0 Å². The highest BCUT2D eigenvalue weighted by Gasteiger charge is 2.39. The summed E-state index contributed by atoms with van der Waals surface area (Å²) in [6.07, 6.45) is -0.934. The van der Waals surface area contributed by atoms with Crippen molar-refractivity contribution in [1.82, 2.24) is 0 Å². The van der Waals surface area contributed by atoms with Crippen LogP contribution in [0.15, 0.2) is 24.3 Å². The first-order chi connectivity index (χ1) is 10.8. The average molecular weight is 365 g/mol. The Bertz CT molecular complexity index is 644. The van der Waals surface area contributed by atoms with Gasteiger partial charge in [-0.25, -0.2) is 4.79 Å². The highest BCUT2D eigenvalue weighted by Crippen LogP contribution is 2.25. The molecular weight excluding hydrogens is 348 g/mol. The number of halogens is 1. The molecule has 1 aliphatic heterocycles. The van der Waals surface area contributed by atoms with E-state index in [4.69, 9.17) is 30.0 Å². The Kier molecular flexibility index (Phi) is 5.99. The molecule has 0 bridgehead atoms. The van der Waals surface area contributed by atoms with Crippen LogP contribution in [0.2, 0.25) is 5.02 Å². The lowest BCUT2D eigenvalue weighted by Gasteiger charge is -2.17. The van der Waals surface area contributed by atoms with Gasteiger partial charge in [0.15, 0.2) is 6.29 Å². The molecule has 2 rings (SSSR count). The van der Waals surface area contributed by atoms with Gasteiger partial charge in [-0.15, -0.1) is 0 Å². The van der Waals surface area contributed by atoms with Crippen molar-refractivity contribution in [3.05, 3.63) is 34.9 Å². The van der Waals surface area contributed by atoms with Crippen molar-refractivity contribution < 1.29 is 31.6 Å². The molecule has 0 N–H and O–H groups in total. The lowest BCUT2D eigenvalue weighted by atomic mass is 10.2. The van der Waals surface area contributed by atoms with E-state index < -0.39 is 34.6 Å². The number of benzene rings is 1. The molecule has 0 unspecified atom stereocenters. The molecule has 0 radical (unpaired) electrons. The van der Waals surface area contributed by atoms with Crippen molar-refractivity contribution >= 4 is 27.7 Å². The Balaban J connectivity index is 1.96. The number of ether oxygens (including phenoxy) is 3. The van der Waals surface area contributed by atoms with E-state index in [1.165, 1.54) is 19.2 Å². The summed E-state index contributed by atoms with van der Waals surface area (Å²) in [5.74, 6) is -0.566. The Labute approximate surface area is 139 Å². The number of carbonyl (C=O) groups is 1. The molecule has 0 aromatic heterocycles. The summed E-state index contributed by atoms with van der Waals surface area (Å²) in [6.45, 7) is -0.151. The van der Waals surface area contributed by atoms with Gasteiger partial charge >= 0.3 is 5.97 Å². The maximum Gasteiger partial charge on any atom is 0.338 e. The van der Waals surface area contributed by atoms with Crippen molar-refractivity contribution in [2.75, 3.05) is 20.0 Å². The maximum absolute atomic E-state index is 11.9. The summed E-state index contributed by atoms with van der Waals surface area (Å²) < 4.78 is 43.2. The third-order valence-electron chi connectivity index (χ3n) is 3.19. The largest absolute Gasteiger partial charge is 0.459 e. The van der Waals surface area contributed by atoms with Gasteiger partial charge < -0.3 is 14.2 Å². The van der Waals surface area contributed by atoms with Crippen LogP contribution < -0.4 is 0 Å². The van der Waals surface area contributed by atoms with Crippen LogP contribution in [-0.4, -0.2) is 52.9 Å².